The highest BCUT2D eigenvalue weighted by Gasteiger charge is 2.32. The average molecular weight is 519 g/mol. The first-order valence-electron chi connectivity index (χ1n) is 11.5. The summed E-state index contributed by atoms with van der Waals surface area (Å²) in [6.45, 7) is 1.49. The highest BCUT2D eigenvalue weighted by molar-refractivity contribution is 7.90. The molecule has 0 spiro atoms. The van der Waals surface area contributed by atoms with Crippen LogP contribution in [0.2, 0.25) is 0 Å². The van der Waals surface area contributed by atoms with E-state index >= 15 is 0 Å². The number of hydrogen-bond donors (Lipinski definition) is 2. The van der Waals surface area contributed by atoms with Crippen LogP contribution in [0.15, 0.2) is 88.8 Å². The molecule has 1 heterocycles. The number of nitrogens with zero attached hydrogens (tertiary/aromatic N) is 2. The number of carbonyl (C=O) groups excluding carboxylic acids is 3. The Kier molecular flexibility index (Phi) is 7.21. The third-order valence-electron chi connectivity index (χ3n) is 5.95. The van der Waals surface area contributed by atoms with Gasteiger partial charge in [0.1, 0.15) is 6.04 Å². The summed E-state index contributed by atoms with van der Waals surface area (Å²) in [4.78, 5) is 45.1. The molecule has 0 radical (unpaired) electrons. The second kappa shape index (κ2) is 10.4. The summed E-state index contributed by atoms with van der Waals surface area (Å²) >= 11 is 0. The SMILES string of the molecule is C[C@H](NC(=O)c1ccc(S(C)(=O)=O)cc1)C(=O)N[C@H]1N=C(c2ccccc2)c2ccccc2N(C)C1=O. The summed E-state index contributed by atoms with van der Waals surface area (Å²) < 4.78 is 23.3. The van der Waals surface area contributed by atoms with Crippen LogP contribution < -0.4 is 15.5 Å². The molecule has 0 bridgehead atoms. The summed E-state index contributed by atoms with van der Waals surface area (Å²) in [5.74, 6) is -1.59. The number of carbonyl (C=O) groups is 3. The van der Waals surface area contributed by atoms with Gasteiger partial charge in [0.05, 0.1) is 16.3 Å². The summed E-state index contributed by atoms with van der Waals surface area (Å²) in [7, 11) is -1.78. The Balaban J connectivity index is 1.55. The quantitative estimate of drug-likeness (QED) is 0.517. The Morgan fingerprint density at radius 2 is 1.57 bits per heavy atom. The molecule has 3 aromatic carbocycles. The van der Waals surface area contributed by atoms with E-state index in [1.165, 1.54) is 36.1 Å². The van der Waals surface area contributed by atoms with Gasteiger partial charge in [0.2, 0.25) is 12.1 Å². The molecule has 190 valence electrons. The highest BCUT2D eigenvalue weighted by Crippen LogP contribution is 2.27. The van der Waals surface area contributed by atoms with Crippen LogP contribution in [0.4, 0.5) is 5.69 Å². The highest BCUT2D eigenvalue weighted by atomic mass is 32.2. The van der Waals surface area contributed by atoms with Crippen molar-refractivity contribution in [3.8, 4) is 0 Å². The number of amides is 3. The number of likely N-dealkylation sites (N-methyl/N-ethyl adjacent to an activating group) is 1. The minimum absolute atomic E-state index is 0.0823. The second-order valence-electron chi connectivity index (χ2n) is 8.66. The van der Waals surface area contributed by atoms with Crippen LogP contribution in [0.25, 0.3) is 0 Å². The predicted octanol–water partition coefficient (Wildman–Crippen LogP) is 2.16. The van der Waals surface area contributed by atoms with E-state index in [1.807, 2.05) is 54.6 Å². The third kappa shape index (κ3) is 5.59. The molecule has 0 saturated carbocycles. The first-order valence-corrected chi connectivity index (χ1v) is 13.4. The maximum atomic E-state index is 13.3. The number of rotatable bonds is 6. The van der Waals surface area contributed by atoms with Crippen molar-refractivity contribution in [1.29, 1.82) is 0 Å². The van der Waals surface area contributed by atoms with Gasteiger partial charge in [-0.25, -0.2) is 13.4 Å². The van der Waals surface area contributed by atoms with Crippen molar-refractivity contribution in [2.24, 2.45) is 4.99 Å². The van der Waals surface area contributed by atoms with E-state index < -0.39 is 39.8 Å². The van der Waals surface area contributed by atoms with Crippen molar-refractivity contribution in [2.45, 2.75) is 24.0 Å². The average Bonchev–Trinajstić information content (AvgIpc) is 2.99. The van der Waals surface area contributed by atoms with E-state index in [1.54, 1.807) is 7.05 Å². The van der Waals surface area contributed by atoms with Gasteiger partial charge in [0, 0.05) is 30.0 Å². The molecule has 10 heteroatoms. The lowest BCUT2D eigenvalue weighted by Crippen LogP contribution is -2.52. The Labute approximate surface area is 215 Å². The third-order valence-corrected chi connectivity index (χ3v) is 7.08. The number of hydrogen-bond acceptors (Lipinski definition) is 6. The number of benzodiazepines with no additional fused rings is 1. The van der Waals surface area contributed by atoms with Crippen molar-refractivity contribution in [2.75, 3.05) is 18.2 Å². The number of anilines is 1. The molecule has 1 aliphatic heterocycles. The summed E-state index contributed by atoms with van der Waals surface area (Å²) in [6.07, 6.45) is -0.140. The molecule has 0 unspecified atom stereocenters. The predicted molar refractivity (Wildman–Crippen MR) is 140 cm³/mol. The van der Waals surface area contributed by atoms with Gasteiger partial charge in [-0.15, -0.1) is 0 Å². The van der Waals surface area contributed by atoms with Crippen LogP contribution in [-0.4, -0.2) is 57.4 Å². The van der Waals surface area contributed by atoms with Crippen LogP contribution in [-0.2, 0) is 19.4 Å². The van der Waals surface area contributed by atoms with Crippen LogP contribution >= 0.6 is 0 Å². The van der Waals surface area contributed by atoms with E-state index in [9.17, 15) is 22.8 Å². The molecule has 1 aliphatic rings. The zero-order chi connectivity index (χ0) is 26.7. The fourth-order valence-corrected chi connectivity index (χ4v) is 4.53. The zero-order valence-corrected chi connectivity index (χ0v) is 21.3. The molecule has 3 amide bonds. The Morgan fingerprint density at radius 1 is 0.946 bits per heavy atom. The Morgan fingerprint density at radius 3 is 2.22 bits per heavy atom. The van der Waals surface area contributed by atoms with Crippen molar-refractivity contribution >= 4 is 39.0 Å². The maximum Gasteiger partial charge on any atom is 0.272 e. The first kappa shape index (κ1) is 25.8. The van der Waals surface area contributed by atoms with Crippen LogP contribution in [0, 0.1) is 0 Å². The van der Waals surface area contributed by atoms with Crippen molar-refractivity contribution < 1.29 is 22.8 Å². The summed E-state index contributed by atoms with van der Waals surface area (Å²) in [5.41, 5.74) is 2.95. The summed E-state index contributed by atoms with van der Waals surface area (Å²) in [6, 6.07) is 21.1. The standard InChI is InChI=1S/C27H26N4O5S/c1-17(28-26(33)19-13-15-20(16-14-19)37(3,35)36)25(32)30-24-27(34)31(2)22-12-8-7-11-21(22)23(29-24)18-9-5-4-6-10-18/h4-17,24H,1-3H3,(H,28,33)(H,30,32)/t17-,24+/m0/s1. The van der Waals surface area contributed by atoms with Crippen molar-refractivity contribution in [1.82, 2.24) is 10.6 Å². The van der Waals surface area contributed by atoms with E-state index in [4.69, 9.17) is 0 Å². The molecule has 4 rings (SSSR count). The molecular weight excluding hydrogens is 492 g/mol. The van der Waals surface area contributed by atoms with E-state index in [0.717, 1.165) is 17.4 Å². The van der Waals surface area contributed by atoms with Crippen LogP contribution in [0.5, 0.6) is 0 Å². The van der Waals surface area contributed by atoms with E-state index in [2.05, 4.69) is 15.6 Å². The molecule has 9 nitrogen and oxygen atoms in total. The lowest BCUT2D eigenvalue weighted by molar-refractivity contribution is -0.128. The molecule has 0 fully saturated rings. The van der Waals surface area contributed by atoms with Gasteiger partial charge >= 0.3 is 0 Å². The minimum atomic E-state index is -3.40. The lowest BCUT2D eigenvalue weighted by Gasteiger charge is -2.22. The number of sulfone groups is 1. The Hall–Kier alpha value is -4.31. The first-order chi connectivity index (χ1) is 17.6. The van der Waals surface area contributed by atoms with Gasteiger partial charge in [-0.1, -0.05) is 48.5 Å². The van der Waals surface area contributed by atoms with Gasteiger partial charge in [-0.05, 0) is 37.3 Å². The topological polar surface area (TPSA) is 125 Å². The normalized spacial score (nSPS) is 16.2. The van der Waals surface area contributed by atoms with Gasteiger partial charge in [-0.2, -0.15) is 0 Å². The molecule has 0 aromatic heterocycles. The number of fused-ring (bicyclic) bond motifs is 1. The van der Waals surface area contributed by atoms with Gasteiger partial charge in [0.15, 0.2) is 9.84 Å². The molecule has 0 saturated heterocycles. The monoisotopic (exact) mass is 518 g/mol. The fraction of sp³-hybridized carbons (Fsp3) is 0.185. The maximum absolute atomic E-state index is 13.3. The minimum Gasteiger partial charge on any atom is -0.341 e. The molecule has 3 aromatic rings. The largest absolute Gasteiger partial charge is 0.341 e. The second-order valence-corrected chi connectivity index (χ2v) is 10.7. The van der Waals surface area contributed by atoms with E-state index in [0.29, 0.717) is 11.4 Å². The zero-order valence-electron chi connectivity index (χ0n) is 20.5. The summed E-state index contributed by atoms with van der Waals surface area (Å²) in [5, 5.41) is 5.22. The van der Waals surface area contributed by atoms with Gasteiger partial charge < -0.3 is 15.5 Å². The number of para-hydroxylation sites is 1. The smallest absolute Gasteiger partial charge is 0.272 e. The van der Waals surface area contributed by atoms with Crippen molar-refractivity contribution in [3.63, 3.8) is 0 Å². The van der Waals surface area contributed by atoms with Crippen LogP contribution in [0.1, 0.15) is 28.4 Å². The molecule has 37 heavy (non-hydrogen) atoms. The van der Waals surface area contributed by atoms with Gasteiger partial charge in [0.25, 0.3) is 11.8 Å². The lowest BCUT2D eigenvalue weighted by atomic mass is 10.0. The molecule has 0 aliphatic carbocycles. The number of nitrogens with one attached hydrogen (secondary N) is 2. The van der Waals surface area contributed by atoms with Crippen LogP contribution in [0.3, 0.4) is 0 Å². The molecule has 2 N–H and O–H groups in total. The molecular formula is C27H26N4O5S. The Bertz CT molecular complexity index is 1480. The van der Waals surface area contributed by atoms with Gasteiger partial charge in [-0.3, -0.25) is 14.4 Å². The number of aliphatic imine (C=N–C) groups is 1. The van der Waals surface area contributed by atoms with E-state index in [-0.39, 0.29) is 10.5 Å². The van der Waals surface area contributed by atoms with Crippen molar-refractivity contribution in [3.05, 3.63) is 95.6 Å². The fourth-order valence-electron chi connectivity index (χ4n) is 3.90. The molecule has 2 atom stereocenters. The number of benzene rings is 3.